The number of alkyl halides is 3. The van der Waals surface area contributed by atoms with Gasteiger partial charge in [-0.15, -0.1) is 0 Å². The van der Waals surface area contributed by atoms with Crippen LogP contribution in [0.5, 0.6) is 0 Å². The maximum Gasteiger partial charge on any atom is 0.416 e. The minimum absolute atomic E-state index is 0.462. The van der Waals surface area contributed by atoms with Gasteiger partial charge in [-0.25, -0.2) is 9.97 Å². The lowest BCUT2D eigenvalue weighted by Gasteiger charge is -2.11. The SMILES string of the molecule is CCNc1nccc(-c2ccc(C(F)(F)F)cc2C)n1. The molecule has 2 aromatic rings. The van der Waals surface area contributed by atoms with Gasteiger partial charge >= 0.3 is 6.18 Å². The molecule has 20 heavy (non-hydrogen) atoms. The third-order valence-electron chi connectivity index (χ3n) is 2.82. The van der Waals surface area contributed by atoms with Crippen LogP contribution in [0.25, 0.3) is 11.3 Å². The second kappa shape index (κ2) is 5.48. The van der Waals surface area contributed by atoms with E-state index < -0.39 is 11.7 Å². The van der Waals surface area contributed by atoms with Crippen LogP contribution in [-0.4, -0.2) is 16.5 Å². The highest BCUT2D eigenvalue weighted by Crippen LogP contribution is 2.32. The molecule has 1 N–H and O–H groups in total. The summed E-state index contributed by atoms with van der Waals surface area (Å²) < 4.78 is 37.9. The fourth-order valence-corrected chi connectivity index (χ4v) is 1.88. The Labute approximate surface area is 114 Å². The molecule has 0 atom stereocenters. The second-order valence-corrected chi connectivity index (χ2v) is 4.32. The first-order valence-corrected chi connectivity index (χ1v) is 6.17. The molecule has 0 aliphatic rings. The van der Waals surface area contributed by atoms with Gasteiger partial charge in [0.05, 0.1) is 11.3 Å². The molecule has 0 saturated heterocycles. The molecule has 0 aliphatic carbocycles. The summed E-state index contributed by atoms with van der Waals surface area (Å²) in [6, 6.07) is 5.31. The number of hydrogen-bond donors (Lipinski definition) is 1. The summed E-state index contributed by atoms with van der Waals surface area (Å²) in [5, 5.41) is 2.97. The molecule has 2 rings (SSSR count). The van der Waals surface area contributed by atoms with E-state index in [0.29, 0.717) is 29.3 Å². The molecule has 1 aromatic carbocycles. The van der Waals surface area contributed by atoms with Crippen LogP contribution >= 0.6 is 0 Å². The molecule has 0 aliphatic heterocycles. The lowest BCUT2D eigenvalue weighted by molar-refractivity contribution is -0.137. The molecule has 0 amide bonds. The number of anilines is 1. The fourth-order valence-electron chi connectivity index (χ4n) is 1.88. The molecule has 0 unspecified atom stereocenters. The standard InChI is InChI=1S/C14H14F3N3/c1-3-18-13-19-7-6-12(20-13)11-5-4-10(8-9(11)2)14(15,16)17/h4-8H,3H2,1-2H3,(H,18,19,20). The van der Waals surface area contributed by atoms with Crippen molar-refractivity contribution < 1.29 is 13.2 Å². The van der Waals surface area contributed by atoms with Gasteiger partial charge in [0.2, 0.25) is 5.95 Å². The zero-order valence-electron chi connectivity index (χ0n) is 11.1. The maximum atomic E-state index is 12.6. The quantitative estimate of drug-likeness (QED) is 0.927. The summed E-state index contributed by atoms with van der Waals surface area (Å²) >= 11 is 0. The molecule has 0 saturated carbocycles. The first-order chi connectivity index (χ1) is 9.41. The van der Waals surface area contributed by atoms with Gasteiger partial charge in [-0.05, 0) is 37.6 Å². The van der Waals surface area contributed by atoms with Crippen molar-refractivity contribution in [2.45, 2.75) is 20.0 Å². The van der Waals surface area contributed by atoms with Gasteiger partial charge in [0.25, 0.3) is 0 Å². The predicted octanol–water partition coefficient (Wildman–Crippen LogP) is 3.90. The van der Waals surface area contributed by atoms with E-state index in [0.717, 1.165) is 12.1 Å². The number of nitrogens with zero attached hydrogens (tertiary/aromatic N) is 2. The number of aryl methyl sites for hydroxylation is 1. The highest BCUT2D eigenvalue weighted by molar-refractivity contribution is 5.64. The summed E-state index contributed by atoms with van der Waals surface area (Å²) in [4.78, 5) is 8.32. The number of benzene rings is 1. The summed E-state index contributed by atoms with van der Waals surface area (Å²) in [5.74, 6) is 0.462. The molecular formula is C14H14F3N3. The minimum atomic E-state index is -4.33. The minimum Gasteiger partial charge on any atom is -0.354 e. The number of halogens is 3. The van der Waals surface area contributed by atoms with E-state index in [9.17, 15) is 13.2 Å². The van der Waals surface area contributed by atoms with Crippen molar-refractivity contribution in [1.82, 2.24) is 9.97 Å². The fraction of sp³-hybridized carbons (Fsp3) is 0.286. The van der Waals surface area contributed by atoms with Crippen molar-refractivity contribution in [2.75, 3.05) is 11.9 Å². The van der Waals surface area contributed by atoms with Crippen molar-refractivity contribution in [1.29, 1.82) is 0 Å². The topological polar surface area (TPSA) is 37.8 Å². The summed E-state index contributed by atoms with van der Waals surface area (Å²) in [6.07, 6.45) is -2.75. The second-order valence-electron chi connectivity index (χ2n) is 4.32. The molecule has 0 fully saturated rings. The Morgan fingerprint density at radius 2 is 1.95 bits per heavy atom. The van der Waals surface area contributed by atoms with Crippen LogP contribution in [0.3, 0.4) is 0 Å². The third-order valence-corrected chi connectivity index (χ3v) is 2.82. The van der Waals surface area contributed by atoms with Crippen LogP contribution in [-0.2, 0) is 6.18 Å². The molecule has 1 aromatic heterocycles. The van der Waals surface area contributed by atoms with Crippen molar-refractivity contribution in [3.05, 3.63) is 41.6 Å². The van der Waals surface area contributed by atoms with Crippen LogP contribution in [0.1, 0.15) is 18.1 Å². The Morgan fingerprint density at radius 1 is 1.20 bits per heavy atom. The number of rotatable bonds is 3. The monoisotopic (exact) mass is 281 g/mol. The van der Waals surface area contributed by atoms with Crippen molar-refractivity contribution >= 4 is 5.95 Å². The third kappa shape index (κ3) is 3.07. The predicted molar refractivity (Wildman–Crippen MR) is 71.4 cm³/mol. The summed E-state index contributed by atoms with van der Waals surface area (Å²) in [7, 11) is 0. The van der Waals surface area contributed by atoms with E-state index >= 15 is 0 Å². The van der Waals surface area contributed by atoms with Gasteiger partial charge in [0.1, 0.15) is 0 Å². The average Bonchev–Trinajstić information content (AvgIpc) is 2.38. The van der Waals surface area contributed by atoms with Crippen LogP contribution in [0.4, 0.5) is 19.1 Å². The van der Waals surface area contributed by atoms with Crippen molar-refractivity contribution in [2.24, 2.45) is 0 Å². The van der Waals surface area contributed by atoms with Crippen LogP contribution in [0, 0.1) is 6.92 Å². The van der Waals surface area contributed by atoms with Gasteiger partial charge < -0.3 is 5.32 Å². The Balaban J connectivity index is 2.41. The smallest absolute Gasteiger partial charge is 0.354 e. The number of aromatic nitrogens is 2. The first kappa shape index (κ1) is 14.3. The van der Waals surface area contributed by atoms with E-state index in [1.54, 1.807) is 19.2 Å². The summed E-state index contributed by atoms with van der Waals surface area (Å²) in [6.45, 7) is 4.23. The molecule has 6 heteroatoms. The Bertz CT molecular complexity index is 609. The van der Waals surface area contributed by atoms with E-state index in [2.05, 4.69) is 15.3 Å². The largest absolute Gasteiger partial charge is 0.416 e. The summed E-state index contributed by atoms with van der Waals surface area (Å²) in [5.41, 5.74) is 1.14. The van der Waals surface area contributed by atoms with Crippen molar-refractivity contribution in [3.63, 3.8) is 0 Å². The van der Waals surface area contributed by atoms with Gasteiger partial charge in [-0.3, -0.25) is 0 Å². The molecule has 0 bridgehead atoms. The molecule has 106 valence electrons. The van der Waals surface area contributed by atoms with E-state index in [1.165, 1.54) is 6.07 Å². The zero-order chi connectivity index (χ0) is 14.8. The highest BCUT2D eigenvalue weighted by atomic mass is 19.4. The Morgan fingerprint density at radius 3 is 2.55 bits per heavy atom. The van der Waals surface area contributed by atoms with Crippen LogP contribution in [0.2, 0.25) is 0 Å². The molecule has 0 spiro atoms. The molecular weight excluding hydrogens is 267 g/mol. The molecule has 3 nitrogen and oxygen atoms in total. The van der Waals surface area contributed by atoms with Gasteiger partial charge in [-0.2, -0.15) is 13.2 Å². The maximum absolute atomic E-state index is 12.6. The van der Waals surface area contributed by atoms with E-state index in [1.807, 2.05) is 6.92 Å². The van der Waals surface area contributed by atoms with Crippen LogP contribution < -0.4 is 5.32 Å². The molecule has 1 heterocycles. The van der Waals surface area contributed by atoms with Gasteiger partial charge in [0, 0.05) is 18.3 Å². The van der Waals surface area contributed by atoms with Crippen LogP contribution in [0.15, 0.2) is 30.5 Å². The Hall–Kier alpha value is -2.11. The number of hydrogen-bond acceptors (Lipinski definition) is 3. The van der Waals surface area contributed by atoms with Gasteiger partial charge in [0.15, 0.2) is 0 Å². The zero-order valence-corrected chi connectivity index (χ0v) is 11.1. The van der Waals surface area contributed by atoms with Gasteiger partial charge in [-0.1, -0.05) is 6.07 Å². The number of nitrogens with one attached hydrogen (secondary N) is 1. The molecule has 0 radical (unpaired) electrons. The first-order valence-electron chi connectivity index (χ1n) is 6.17. The average molecular weight is 281 g/mol. The Kier molecular flexibility index (Phi) is 3.92. The highest BCUT2D eigenvalue weighted by Gasteiger charge is 2.30. The van der Waals surface area contributed by atoms with E-state index in [-0.39, 0.29) is 0 Å². The normalized spacial score (nSPS) is 11.4. The van der Waals surface area contributed by atoms with Crippen molar-refractivity contribution in [3.8, 4) is 11.3 Å². The lowest BCUT2D eigenvalue weighted by atomic mass is 10.0. The van der Waals surface area contributed by atoms with E-state index in [4.69, 9.17) is 0 Å². The lowest BCUT2D eigenvalue weighted by Crippen LogP contribution is -2.06.